The molecule has 0 amide bonds. The minimum absolute atomic E-state index is 0.000708. The van der Waals surface area contributed by atoms with Gasteiger partial charge in [0.15, 0.2) is 0 Å². The molecule has 0 aliphatic carbocycles. The summed E-state index contributed by atoms with van der Waals surface area (Å²) in [6.07, 6.45) is -3.84. The predicted octanol–water partition coefficient (Wildman–Crippen LogP) is 3.72. The van der Waals surface area contributed by atoms with Crippen LogP contribution in [0.4, 0.5) is 23.6 Å². The van der Waals surface area contributed by atoms with Crippen LogP contribution in [0.15, 0.2) is 22.7 Å². The maximum absolute atomic E-state index is 13.2. The lowest BCUT2D eigenvalue weighted by Crippen LogP contribution is -2.08. The van der Waals surface area contributed by atoms with Crippen LogP contribution >= 0.6 is 0 Å². The van der Waals surface area contributed by atoms with Crippen molar-refractivity contribution in [2.45, 2.75) is 19.5 Å². The van der Waals surface area contributed by atoms with Gasteiger partial charge in [-0.3, -0.25) is 0 Å². The number of nitrogens with one attached hydrogen (secondary N) is 1. The molecule has 0 aliphatic heterocycles. The summed E-state index contributed by atoms with van der Waals surface area (Å²) in [5.41, 5.74) is -1.47. The van der Waals surface area contributed by atoms with E-state index in [1.807, 2.05) is 6.92 Å². The number of anilines is 1. The highest BCUT2D eigenvalue weighted by Crippen LogP contribution is 2.36. The molecule has 1 heterocycles. The van der Waals surface area contributed by atoms with Crippen LogP contribution in [0, 0.1) is 5.82 Å². The number of benzene rings is 1. The zero-order valence-electron chi connectivity index (χ0n) is 10.5. The van der Waals surface area contributed by atoms with Gasteiger partial charge in [0.1, 0.15) is 5.82 Å². The smallest absolute Gasteiger partial charge is 0.338 e. The summed E-state index contributed by atoms with van der Waals surface area (Å²) in [7, 11) is 0. The topological polar surface area (TPSA) is 51.0 Å². The van der Waals surface area contributed by atoms with Gasteiger partial charge in [0.2, 0.25) is 5.82 Å². The van der Waals surface area contributed by atoms with E-state index in [1.165, 1.54) is 0 Å². The average Bonchev–Trinajstić information content (AvgIpc) is 2.83. The Hall–Kier alpha value is -2.12. The molecule has 0 atom stereocenters. The van der Waals surface area contributed by atoms with Crippen molar-refractivity contribution in [2.24, 2.45) is 0 Å². The van der Waals surface area contributed by atoms with E-state index in [2.05, 4.69) is 15.5 Å². The molecule has 1 N–H and O–H groups in total. The van der Waals surface area contributed by atoms with Gasteiger partial charge in [-0.25, -0.2) is 4.39 Å². The molecule has 0 unspecified atom stereocenters. The molecular formula is C12H11F4N3O. The molecule has 0 bridgehead atoms. The van der Waals surface area contributed by atoms with Crippen LogP contribution < -0.4 is 5.32 Å². The summed E-state index contributed by atoms with van der Waals surface area (Å²) in [6, 6.07) is 2.12. The molecule has 0 radical (unpaired) electrons. The second-order valence-electron chi connectivity index (χ2n) is 4.04. The number of nitrogens with zero attached hydrogens (tertiary/aromatic N) is 2. The van der Waals surface area contributed by atoms with Crippen molar-refractivity contribution in [3.05, 3.63) is 29.6 Å². The van der Waals surface area contributed by atoms with E-state index in [9.17, 15) is 17.6 Å². The first-order chi connectivity index (χ1) is 9.41. The van der Waals surface area contributed by atoms with E-state index < -0.39 is 23.1 Å². The summed E-state index contributed by atoms with van der Waals surface area (Å²) in [5, 5.41) is 6.18. The summed E-state index contributed by atoms with van der Waals surface area (Å²) in [4.78, 5) is 3.78. The zero-order chi connectivity index (χ0) is 14.8. The van der Waals surface area contributed by atoms with Gasteiger partial charge >= 0.3 is 12.2 Å². The van der Waals surface area contributed by atoms with Gasteiger partial charge in [0.05, 0.1) is 5.56 Å². The molecule has 108 valence electrons. The Kier molecular flexibility index (Phi) is 3.91. The first-order valence-corrected chi connectivity index (χ1v) is 5.86. The maximum atomic E-state index is 13.2. The number of rotatable bonds is 4. The molecule has 0 aliphatic rings. The highest BCUT2D eigenvalue weighted by molar-refractivity contribution is 5.61. The first kappa shape index (κ1) is 14.3. The second-order valence-corrected chi connectivity index (χ2v) is 4.04. The van der Waals surface area contributed by atoms with Gasteiger partial charge in [-0.2, -0.15) is 18.2 Å². The monoisotopic (exact) mass is 289 g/mol. The Morgan fingerprint density at radius 3 is 2.70 bits per heavy atom. The first-order valence-electron chi connectivity index (χ1n) is 5.86. The normalized spacial score (nSPS) is 11.7. The number of hydrogen-bond donors (Lipinski definition) is 1. The lowest BCUT2D eigenvalue weighted by molar-refractivity contribution is -0.137. The van der Waals surface area contributed by atoms with Gasteiger partial charge in [-0.15, -0.1) is 0 Å². The van der Waals surface area contributed by atoms with Crippen molar-refractivity contribution >= 4 is 6.01 Å². The molecule has 0 fully saturated rings. The van der Waals surface area contributed by atoms with Crippen LogP contribution in [-0.2, 0) is 6.18 Å². The van der Waals surface area contributed by atoms with Gasteiger partial charge in [-0.05, 0) is 24.6 Å². The number of hydrogen-bond acceptors (Lipinski definition) is 4. The predicted molar refractivity (Wildman–Crippen MR) is 63.5 cm³/mol. The Labute approximate surface area is 111 Å². The van der Waals surface area contributed by atoms with Gasteiger partial charge in [0, 0.05) is 12.1 Å². The molecule has 0 saturated heterocycles. The standard InChI is InChI=1S/C12H11F4N3O/c1-2-5-17-11-18-10(19-20-11)8-6-7(13)3-4-9(8)12(14,15)16/h3-4,6H,2,5H2,1H3,(H,17,18,19). The lowest BCUT2D eigenvalue weighted by Gasteiger charge is -2.10. The Bertz CT molecular complexity index is 595. The number of halogens is 4. The summed E-state index contributed by atoms with van der Waals surface area (Å²) < 4.78 is 56.5. The van der Waals surface area contributed by atoms with Crippen molar-refractivity contribution in [3.8, 4) is 11.4 Å². The Morgan fingerprint density at radius 2 is 2.05 bits per heavy atom. The largest absolute Gasteiger partial charge is 0.417 e. The fourth-order valence-electron chi connectivity index (χ4n) is 1.59. The van der Waals surface area contributed by atoms with Crippen molar-refractivity contribution in [2.75, 3.05) is 11.9 Å². The maximum Gasteiger partial charge on any atom is 0.417 e. The van der Waals surface area contributed by atoms with Crippen LogP contribution in [0.2, 0.25) is 0 Å². The molecule has 2 rings (SSSR count). The van der Waals surface area contributed by atoms with E-state index in [4.69, 9.17) is 4.52 Å². The molecule has 8 heteroatoms. The fraction of sp³-hybridized carbons (Fsp3) is 0.333. The molecule has 20 heavy (non-hydrogen) atoms. The van der Waals surface area contributed by atoms with Crippen LogP contribution in [0.25, 0.3) is 11.4 Å². The quantitative estimate of drug-likeness (QED) is 0.872. The van der Waals surface area contributed by atoms with Crippen molar-refractivity contribution in [1.82, 2.24) is 10.1 Å². The third-order valence-corrected chi connectivity index (χ3v) is 2.48. The molecule has 1 aromatic carbocycles. The molecule has 0 saturated carbocycles. The fourth-order valence-corrected chi connectivity index (χ4v) is 1.59. The van der Waals surface area contributed by atoms with Crippen LogP contribution in [0.5, 0.6) is 0 Å². The van der Waals surface area contributed by atoms with E-state index in [1.54, 1.807) is 0 Å². The summed E-state index contributed by atoms with van der Waals surface area (Å²) in [5.74, 6) is -1.11. The molecule has 2 aromatic rings. The van der Waals surface area contributed by atoms with E-state index >= 15 is 0 Å². The minimum atomic E-state index is -4.62. The Morgan fingerprint density at radius 1 is 1.30 bits per heavy atom. The lowest BCUT2D eigenvalue weighted by atomic mass is 10.1. The molecule has 4 nitrogen and oxygen atoms in total. The summed E-state index contributed by atoms with van der Waals surface area (Å²) in [6.45, 7) is 2.44. The molecule has 0 spiro atoms. The highest BCUT2D eigenvalue weighted by atomic mass is 19.4. The van der Waals surface area contributed by atoms with Crippen molar-refractivity contribution in [3.63, 3.8) is 0 Å². The van der Waals surface area contributed by atoms with Gasteiger partial charge in [0.25, 0.3) is 0 Å². The zero-order valence-corrected chi connectivity index (χ0v) is 10.5. The van der Waals surface area contributed by atoms with Crippen molar-refractivity contribution < 1.29 is 22.1 Å². The van der Waals surface area contributed by atoms with E-state index in [0.29, 0.717) is 12.6 Å². The third-order valence-electron chi connectivity index (χ3n) is 2.48. The average molecular weight is 289 g/mol. The third kappa shape index (κ3) is 3.06. The molecule has 1 aromatic heterocycles. The number of alkyl halides is 3. The number of aromatic nitrogens is 2. The van der Waals surface area contributed by atoms with Gasteiger partial charge < -0.3 is 9.84 Å². The summed E-state index contributed by atoms with van der Waals surface area (Å²) >= 11 is 0. The molecular weight excluding hydrogens is 278 g/mol. The minimum Gasteiger partial charge on any atom is -0.338 e. The Balaban J connectivity index is 2.41. The van der Waals surface area contributed by atoms with E-state index in [-0.39, 0.29) is 11.8 Å². The van der Waals surface area contributed by atoms with Crippen LogP contribution in [0.1, 0.15) is 18.9 Å². The second kappa shape index (κ2) is 5.48. The van der Waals surface area contributed by atoms with Gasteiger partial charge in [-0.1, -0.05) is 12.1 Å². The SMILES string of the molecule is CCCNc1nc(-c2cc(F)ccc2C(F)(F)F)no1. The van der Waals surface area contributed by atoms with Crippen LogP contribution in [-0.4, -0.2) is 16.7 Å². The highest BCUT2D eigenvalue weighted by Gasteiger charge is 2.35. The van der Waals surface area contributed by atoms with Crippen LogP contribution in [0.3, 0.4) is 0 Å². The van der Waals surface area contributed by atoms with Crippen molar-refractivity contribution in [1.29, 1.82) is 0 Å². The van der Waals surface area contributed by atoms with E-state index in [0.717, 1.165) is 18.6 Å².